The van der Waals surface area contributed by atoms with Crippen molar-refractivity contribution in [1.29, 1.82) is 0 Å². The number of sulfonamides is 1. The molecule has 0 radical (unpaired) electrons. The number of halogens is 1. The Morgan fingerprint density at radius 3 is 2.26 bits per heavy atom. The lowest BCUT2D eigenvalue weighted by molar-refractivity contribution is -0.129. The van der Waals surface area contributed by atoms with Gasteiger partial charge in [0.25, 0.3) is 0 Å². The molecule has 2 aromatic rings. The first-order chi connectivity index (χ1) is 13.0. The number of rotatable bonds is 6. The highest BCUT2D eigenvalue weighted by molar-refractivity contribution is 7.99. The Bertz CT molecular complexity index is 883. The number of carbonyl (C=O) groups excluding carboxylic acids is 1. The maximum absolute atomic E-state index is 12.6. The van der Waals surface area contributed by atoms with E-state index in [-0.39, 0.29) is 5.91 Å². The largest absolute Gasteiger partial charge is 0.339 e. The topological polar surface area (TPSA) is 57.7 Å². The van der Waals surface area contributed by atoms with Crippen molar-refractivity contribution in [2.24, 2.45) is 0 Å². The first-order valence-corrected chi connectivity index (χ1v) is 11.6. The van der Waals surface area contributed by atoms with Crippen molar-refractivity contribution >= 4 is 39.3 Å². The highest BCUT2D eigenvalue weighted by Gasteiger charge is 2.29. The van der Waals surface area contributed by atoms with Crippen LogP contribution in [-0.2, 0) is 20.6 Å². The van der Waals surface area contributed by atoms with Crippen LogP contribution in [0.25, 0.3) is 0 Å². The average molecular weight is 425 g/mol. The molecule has 1 saturated heterocycles. The van der Waals surface area contributed by atoms with Crippen LogP contribution in [0.5, 0.6) is 0 Å². The van der Waals surface area contributed by atoms with E-state index < -0.39 is 10.0 Å². The van der Waals surface area contributed by atoms with Crippen molar-refractivity contribution in [3.05, 3.63) is 65.2 Å². The molecule has 0 unspecified atom stereocenters. The monoisotopic (exact) mass is 424 g/mol. The number of thioether (sulfide) groups is 1. The second kappa shape index (κ2) is 9.10. The molecule has 27 heavy (non-hydrogen) atoms. The number of hydrogen-bond donors (Lipinski definition) is 0. The maximum atomic E-state index is 12.6. The summed E-state index contributed by atoms with van der Waals surface area (Å²) in [5.41, 5.74) is 1.01. The summed E-state index contributed by atoms with van der Waals surface area (Å²) in [6.07, 6.45) is 0. The molecule has 0 spiro atoms. The first-order valence-electron chi connectivity index (χ1n) is 8.62. The molecule has 0 bridgehead atoms. The van der Waals surface area contributed by atoms with Gasteiger partial charge in [-0.1, -0.05) is 48.0 Å². The molecule has 0 N–H and O–H groups in total. The molecule has 0 saturated carbocycles. The van der Waals surface area contributed by atoms with Gasteiger partial charge in [-0.25, -0.2) is 8.42 Å². The highest BCUT2D eigenvalue weighted by atomic mass is 35.5. The normalized spacial score (nSPS) is 15.7. The van der Waals surface area contributed by atoms with Gasteiger partial charge in [-0.05, 0) is 23.8 Å². The van der Waals surface area contributed by atoms with Crippen LogP contribution in [0, 0.1) is 0 Å². The molecular formula is C19H21ClN2O3S2. The second-order valence-electron chi connectivity index (χ2n) is 6.18. The Morgan fingerprint density at radius 1 is 0.963 bits per heavy atom. The van der Waals surface area contributed by atoms with E-state index in [1.807, 2.05) is 24.3 Å². The summed E-state index contributed by atoms with van der Waals surface area (Å²) in [5.74, 6) is 1.06. The maximum Gasteiger partial charge on any atom is 0.243 e. The zero-order valence-electron chi connectivity index (χ0n) is 14.8. The molecule has 0 atom stereocenters. The van der Waals surface area contributed by atoms with Crippen LogP contribution in [0.3, 0.4) is 0 Å². The number of carbonyl (C=O) groups is 1. The zero-order valence-corrected chi connectivity index (χ0v) is 17.1. The third-order valence-corrected chi connectivity index (χ3v) is 7.66. The predicted molar refractivity (Wildman–Crippen MR) is 109 cm³/mol. The fraction of sp³-hybridized carbons (Fsp3) is 0.316. The molecule has 1 aliphatic rings. The van der Waals surface area contributed by atoms with E-state index in [0.29, 0.717) is 47.6 Å². The summed E-state index contributed by atoms with van der Waals surface area (Å²) in [7, 11) is -3.49. The van der Waals surface area contributed by atoms with Crippen LogP contribution in [0.15, 0.2) is 59.5 Å². The Labute approximate surface area is 169 Å². The van der Waals surface area contributed by atoms with Gasteiger partial charge in [-0.3, -0.25) is 4.79 Å². The van der Waals surface area contributed by atoms with Gasteiger partial charge in [0.2, 0.25) is 15.9 Å². The fourth-order valence-electron chi connectivity index (χ4n) is 2.87. The Hall–Kier alpha value is -1.54. The smallest absolute Gasteiger partial charge is 0.243 e. The lowest BCUT2D eigenvalue weighted by atomic mass is 10.2. The molecule has 144 valence electrons. The summed E-state index contributed by atoms with van der Waals surface area (Å²) in [6, 6.07) is 16.0. The molecule has 5 nitrogen and oxygen atoms in total. The van der Waals surface area contributed by atoms with E-state index in [1.54, 1.807) is 35.2 Å². The zero-order chi connectivity index (χ0) is 19.3. The standard InChI is InChI=1S/C19H21ClN2O3S2/c20-18-9-5-4-6-16(18)14-26-15-19(23)21-10-12-22(13-11-21)27(24,25)17-7-2-1-3-8-17/h1-9H,10-15H2. The van der Waals surface area contributed by atoms with Gasteiger partial charge in [0, 0.05) is 37.0 Å². The summed E-state index contributed by atoms with van der Waals surface area (Å²) < 4.78 is 26.7. The van der Waals surface area contributed by atoms with Gasteiger partial charge in [0.05, 0.1) is 10.6 Å². The molecule has 0 aromatic heterocycles. The molecule has 2 aromatic carbocycles. The van der Waals surface area contributed by atoms with Crippen LogP contribution in [0.4, 0.5) is 0 Å². The fourth-order valence-corrected chi connectivity index (χ4v) is 5.53. The summed E-state index contributed by atoms with van der Waals surface area (Å²) in [4.78, 5) is 14.4. The molecule has 1 amide bonds. The van der Waals surface area contributed by atoms with Crippen LogP contribution < -0.4 is 0 Å². The Balaban J connectivity index is 1.49. The van der Waals surface area contributed by atoms with Crippen molar-refractivity contribution in [2.45, 2.75) is 10.6 Å². The van der Waals surface area contributed by atoms with E-state index >= 15 is 0 Å². The average Bonchev–Trinajstić information content (AvgIpc) is 2.70. The minimum absolute atomic E-state index is 0.0313. The number of hydrogen-bond acceptors (Lipinski definition) is 4. The molecule has 3 rings (SSSR count). The third kappa shape index (κ3) is 5.04. The lowest BCUT2D eigenvalue weighted by Gasteiger charge is -2.34. The predicted octanol–water partition coefficient (Wildman–Crippen LogP) is 3.11. The summed E-state index contributed by atoms with van der Waals surface area (Å²) >= 11 is 7.64. The molecule has 0 aliphatic carbocycles. The minimum atomic E-state index is -3.49. The first kappa shape index (κ1) is 20.2. The lowest BCUT2D eigenvalue weighted by Crippen LogP contribution is -2.50. The van der Waals surface area contributed by atoms with Gasteiger partial charge in [-0.2, -0.15) is 4.31 Å². The van der Waals surface area contributed by atoms with Crippen molar-refractivity contribution in [3.63, 3.8) is 0 Å². The quantitative estimate of drug-likeness (QED) is 0.714. The number of amides is 1. The molecule has 1 heterocycles. The van der Waals surface area contributed by atoms with Crippen LogP contribution >= 0.6 is 23.4 Å². The van der Waals surface area contributed by atoms with Gasteiger partial charge >= 0.3 is 0 Å². The number of piperazine rings is 1. The Kier molecular flexibility index (Phi) is 6.81. The van der Waals surface area contributed by atoms with Crippen molar-refractivity contribution in [3.8, 4) is 0 Å². The molecule has 1 aliphatic heterocycles. The van der Waals surface area contributed by atoms with Crippen molar-refractivity contribution < 1.29 is 13.2 Å². The highest BCUT2D eigenvalue weighted by Crippen LogP contribution is 2.22. The van der Waals surface area contributed by atoms with E-state index in [1.165, 1.54) is 16.1 Å². The van der Waals surface area contributed by atoms with E-state index in [9.17, 15) is 13.2 Å². The molecule has 8 heteroatoms. The van der Waals surface area contributed by atoms with Crippen LogP contribution in [0.1, 0.15) is 5.56 Å². The van der Waals surface area contributed by atoms with Crippen molar-refractivity contribution in [2.75, 3.05) is 31.9 Å². The summed E-state index contributed by atoms with van der Waals surface area (Å²) in [5, 5.41) is 0.706. The van der Waals surface area contributed by atoms with Crippen LogP contribution in [-0.4, -0.2) is 55.5 Å². The van der Waals surface area contributed by atoms with Gasteiger partial charge in [0.1, 0.15) is 0 Å². The van der Waals surface area contributed by atoms with Crippen molar-refractivity contribution in [1.82, 2.24) is 9.21 Å². The Morgan fingerprint density at radius 2 is 1.59 bits per heavy atom. The van der Waals surface area contributed by atoms with Gasteiger partial charge in [-0.15, -0.1) is 11.8 Å². The number of nitrogens with zero attached hydrogens (tertiary/aromatic N) is 2. The van der Waals surface area contributed by atoms with E-state index in [2.05, 4.69) is 0 Å². The molecule has 1 fully saturated rings. The number of benzene rings is 2. The third-order valence-electron chi connectivity index (χ3n) is 4.41. The van der Waals surface area contributed by atoms with E-state index in [4.69, 9.17) is 11.6 Å². The van der Waals surface area contributed by atoms with Crippen LogP contribution in [0.2, 0.25) is 5.02 Å². The molecular weight excluding hydrogens is 404 g/mol. The minimum Gasteiger partial charge on any atom is -0.339 e. The second-order valence-corrected chi connectivity index (χ2v) is 9.51. The van der Waals surface area contributed by atoms with Gasteiger partial charge < -0.3 is 4.90 Å². The van der Waals surface area contributed by atoms with Gasteiger partial charge in [0.15, 0.2) is 0 Å². The SMILES string of the molecule is O=C(CSCc1ccccc1Cl)N1CCN(S(=O)(=O)c2ccccc2)CC1. The summed E-state index contributed by atoms with van der Waals surface area (Å²) in [6.45, 7) is 1.46. The van der Waals surface area contributed by atoms with E-state index in [0.717, 1.165) is 5.56 Å².